The lowest BCUT2D eigenvalue weighted by atomic mass is 9.92. The summed E-state index contributed by atoms with van der Waals surface area (Å²) in [4.78, 5) is 13.9. The van der Waals surface area contributed by atoms with Crippen molar-refractivity contribution in [3.8, 4) is 0 Å². The van der Waals surface area contributed by atoms with Gasteiger partial charge in [-0.25, -0.2) is 0 Å². The highest BCUT2D eigenvalue weighted by Crippen LogP contribution is 2.30. The van der Waals surface area contributed by atoms with Gasteiger partial charge in [0.1, 0.15) is 0 Å². The van der Waals surface area contributed by atoms with E-state index in [4.69, 9.17) is 5.73 Å². The minimum Gasteiger partial charge on any atom is -0.368 e. The predicted molar refractivity (Wildman–Crippen MR) is 70.7 cm³/mol. The molecule has 1 rings (SSSR count). The van der Waals surface area contributed by atoms with Gasteiger partial charge < -0.3 is 16.0 Å². The van der Waals surface area contributed by atoms with Crippen molar-refractivity contribution in [3.63, 3.8) is 0 Å². The second kappa shape index (κ2) is 5.83. The molecule has 100 valence electrons. The SMILES string of the molecule is CCNC(C)(CC(C)N(C)CC1CC1)C(N)=O. The normalized spacial score (nSPS) is 21.2. The maximum absolute atomic E-state index is 11.5. The van der Waals surface area contributed by atoms with Gasteiger partial charge >= 0.3 is 0 Å². The van der Waals surface area contributed by atoms with Crippen LogP contribution in [0.5, 0.6) is 0 Å². The van der Waals surface area contributed by atoms with Crippen LogP contribution in [0.25, 0.3) is 0 Å². The van der Waals surface area contributed by atoms with Gasteiger partial charge in [-0.15, -0.1) is 0 Å². The highest BCUT2D eigenvalue weighted by molar-refractivity contribution is 5.84. The smallest absolute Gasteiger partial charge is 0.237 e. The highest BCUT2D eigenvalue weighted by Gasteiger charge is 2.34. The molecule has 0 saturated heterocycles. The first-order chi connectivity index (χ1) is 7.89. The van der Waals surface area contributed by atoms with Crippen LogP contribution in [-0.4, -0.2) is 42.5 Å². The van der Waals surface area contributed by atoms with E-state index < -0.39 is 5.54 Å². The fourth-order valence-corrected chi connectivity index (χ4v) is 2.28. The van der Waals surface area contributed by atoms with Crippen molar-refractivity contribution in [2.75, 3.05) is 20.1 Å². The molecular formula is C13H27N3O. The van der Waals surface area contributed by atoms with Crippen LogP contribution in [0.2, 0.25) is 0 Å². The summed E-state index contributed by atoms with van der Waals surface area (Å²) in [7, 11) is 2.14. The molecule has 3 N–H and O–H groups in total. The van der Waals surface area contributed by atoms with E-state index in [-0.39, 0.29) is 5.91 Å². The number of hydrogen-bond acceptors (Lipinski definition) is 3. The third-order valence-electron chi connectivity index (χ3n) is 3.81. The molecule has 0 bridgehead atoms. The summed E-state index contributed by atoms with van der Waals surface area (Å²) in [6.45, 7) is 7.97. The van der Waals surface area contributed by atoms with Crippen molar-refractivity contribution in [1.82, 2.24) is 10.2 Å². The summed E-state index contributed by atoms with van der Waals surface area (Å²) >= 11 is 0. The van der Waals surface area contributed by atoms with E-state index in [9.17, 15) is 4.79 Å². The van der Waals surface area contributed by atoms with Crippen LogP contribution in [0.1, 0.15) is 40.0 Å². The van der Waals surface area contributed by atoms with Crippen molar-refractivity contribution in [3.05, 3.63) is 0 Å². The van der Waals surface area contributed by atoms with Crippen molar-refractivity contribution >= 4 is 5.91 Å². The Balaban J connectivity index is 2.49. The van der Waals surface area contributed by atoms with Crippen molar-refractivity contribution in [2.45, 2.75) is 51.6 Å². The molecule has 1 aliphatic carbocycles. The van der Waals surface area contributed by atoms with Gasteiger partial charge in [0, 0.05) is 12.6 Å². The summed E-state index contributed by atoms with van der Waals surface area (Å²) in [6, 6.07) is 0.368. The average molecular weight is 241 g/mol. The molecule has 0 radical (unpaired) electrons. The van der Waals surface area contributed by atoms with Crippen LogP contribution < -0.4 is 11.1 Å². The lowest BCUT2D eigenvalue weighted by Crippen LogP contribution is -2.56. The molecule has 1 aliphatic rings. The minimum atomic E-state index is -0.591. The van der Waals surface area contributed by atoms with Gasteiger partial charge in [-0.1, -0.05) is 6.92 Å². The van der Waals surface area contributed by atoms with Gasteiger partial charge in [-0.2, -0.15) is 0 Å². The molecule has 17 heavy (non-hydrogen) atoms. The zero-order valence-corrected chi connectivity index (χ0v) is 11.6. The van der Waals surface area contributed by atoms with Crippen molar-refractivity contribution in [2.24, 2.45) is 11.7 Å². The van der Waals surface area contributed by atoms with Crippen LogP contribution in [-0.2, 0) is 4.79 Å². The van der Waals surface area contributed by atoms with Gasteiger partial charge in [-0.05, 0) is 52.6 Å². The van der Waals surface area contributed by atoms with E-state index >= 15 is 0 Å². The zero-order valence-electron chi connectivity index (χ0n) is 11.6. The molecule has 0 aromatic heterocycles. The van der Waals surface area contributed by atoms with Crippen LogP contribution in [0, 0.1) is 5.92 Å². The Hall–Kier alpha value is -0.610. The first-order valence-corrected chi connectivity index (χ1v) is 6.64. The predicted octanol–water partition coefficient (Wildman–Crippen LogP) is 0.960. The Morgan fingerprint density at radius 1 is 1.59 bits per heavy atom. The maximum Gasteiger partial charge on any atom is 0.237 e. The molecular weight excluding hydrogens is 214 g/mol. The molecule has 0 aromatic carbocycles. The Kier molecular flexibility index (Phi) is 4.95. The number of carbonyl (C=O) groups excluding carboxylic acids is 1. The first-order valence-electron chi connectivity index (χ1n) is 6.64. The highest BCUT2D eigenvalue weighted by atomic mass is 16.1. The van der Waals surface area contributed by atoms with E-state index in [1.54, 1.807) is 0 Å². The fraction of sp³-hybridized carbons (Fsp3) is 0.923. The second-order valence-electron chi connectivity index (χ2n) is 5.66. The van der Waals surface area contributed by atoms with Crippen LogP contribution >= 0.6 is 0 Å². The van der Waals surface area contributed by atoms with Crippen LogP contribution in [0.3, 0.4) is 0 Å². The minimum absolute atomic E-state index is 0.258. The Morgan fingerprint density at radius 2 is 2.18 bits per heavy atom. The van der Waals surface area contributed by atoms with E-state index in [0.29, 0.717) is 6.04 Å². The Bertz CT molecular complexity index is 265. The lowest BCUT2D eigenvalue weighted by Gasteiger charge is -2.34. The second-order valence-corrected chi connectivity index (χ2v) is 5.66. The number of hydrogen-bond donors (Lipinski definition) is 2. The molecule has 0 aliphatic heterocycles. The largest absolute Gasteiger partial charge is 0.368 e. The Labute approximate surface area is 105 Å². The summed E-state index contributed by atoms with van der Waals surface area (Å²) in [5, 5.41) is 3.21. The monoisotopic (exact) mass is 241 g/mol. The summed E-state index contributed by atoms with van der Waals surface area (Å²) in [6.07, 6.45) is 3.48. The average Bonchev–Trinajstić information content (AvgIpc) is 3.01. The van der Waals surface area contributed by atoms with Gasteiger partial charge in [-0.3, -0.25) is 4.79 Å². The van der Waals surface area contributed by atoms with Gasteiger partial charge in [0.05, 0.1) is 5.54 Å². The number of rotatable bonds is 8. The first kappa shape index (κ1) is 14.5. The Morgan fingerprint density at radius 3 is 2.59 bits per heavy atom. The number of carbonyl (C=O) groups is 1. The molecule has 0 heterocycles. The molecule has 4 nitrogen and oxygen atoms in total. The van der Waals surface area contributed by atoms with Crippen molar-refractivity contribution in [1.29, 1.82) is 0 Å². The van der Waals surface area contributed by atoms with E-state index in [2.05, 4.69) is 24.2 Å². The molecule has 1 saturated carbocycles. The summed E-state index contributed by atoms with van der Waals surface area (Å²) in [5.74, 6) is 0.618. The number of nitrogens with zero attached hydrogens (tertiary/aromatic N) is 1. The third kappa shape index (κ3) is 4.28. The molecule has 2 atom stereocenters. The van der Waals surface area contributed by atoms with E-state index in [1.165, 1.54) is 12.8 Å². The van der Waals surface area contributed by atoms with Crippen LogP contribution in [0.15, 0.2) is 0 Å². The number of nitrogens with two attached hydrogens (primary N) is 1. The number of amides is 1. The third-order valence-corrected chi connectivity index (χ3v) is 3.81. The van der Waals surface area contributed by atoms with Crippen molar-refractivity contribution < 1.29 is 4.79 Å². The van der Waals surface area contributed by atoms with Gasteiger partial charge in [0.2, 0.25) is 5.91 Å². The standard InChI is InChI=1S/C13H27N3O/c1-5-15-13(3,12(14)17)8-10(2)16(4)9-11-6-7-11/h10-11,15H,5-9H2,1-4H3,(H2,14,17). The number of primary amides is 1. The summed E-state index contributed by atoms with van der Waals surface area (Å²) in [5.41, 5.74) is 4.91. The zero-order chi connectivity index (χ0) is 13.1. The number of nitrogens with one attached hydrogen (secondary N) is 1. The number of likely N-dealkylation sites (N-methyl/N-ethyl adjacent to an activating group) is 1. The van der Waals surface area contributed by atoms with E-state index in [0.717, 1.165) is 25.4 Å². The summed E-state index contributed by atoms with van der Waals surface area (Å²) < 4.78 is 0. The molecule has 2 unspecified atom stereocenters. The van der Waals surface area contributed by atoms with Gasteiger partial charge in [0.15, 0.2) is 0 Å². The molecule has 4 heteroatoms. The van der Waals surface area contributed by atoms with Gasteiger partial charge in [0.25, 0.3) is 0 Å². The lowest BCUT2D eigenvalue weighted by molar-refractivity contribution is -0.124. The molecule has 0 spiro atoms. The molecule has 1 fully saturated rings. The van der Waals surface area contributed by atoms with Crippen LogP contribution in [0.4, 0.5) is 0 Å². The topological polar surface area (TPSA) is 58.4 Å². The fourth-order valence-electron chi connectivity index (χ4n) is 2.28. The quantitative estimate of drug-likeness (QED) is 0.665. The van der Waals surface area contributed by atoms with E-state index in [1.807, 2.05) is 13.8 Å². The molecule has 1 amide bonds. The maximum atomic E-state index is 11.5. The molecule has 0 aromatic rings.